The zero-order valence-electron chi connectivity index (χ0n) is 20.4. The molecule has 0 saturated heterocycles. The van der Waals surface area contributed by atoms with Gasteiger partial charge in [0.1, 0.15) is 17.1 Å². The molecule has 7 nitrogen and oxygen atoms in total. The molecule has 0 saturated carbocycles. The standard InChI is InChI=1S/C27H28FN3O4/c1-6-18-15-20(16(2)3)14-17(4)24(18)29-26(32)22-8-7-9-23(25(22)31(34)35)30(5)27(33)19-10-12-21(28)13-11-19/h7-16H,6H2,1-5H3,(H,29,32). The molecule has 35 heavy (non-hydrogen) atoms. The third-order valence-corrected chi connectivity index (χ3v) is 5.92. The Hall–Kier alpha value is -4.07. The van der Waals surface area contributed by atoms with Crippen molar-refractivity contribution in [1.29, 1.82) is 0 Å². The van der Waals surface area contributed by atoms with Gasteiger partial charge in [-0.25, -0.2) is 4.39 Å². The lowest BCUT2D eigenvalue weighted by Crippen LogP contribution is -2.28. The number of carbonyl (C=O) groups excluding carboxylic acids is 2. The zero-order chi connectivity index (χ0) is 25.9. The van der Waals surface area contributed by atoms with E-state index in [1.807, 2.05) is 26.0 Å². The number of hydrogen-bond acceptors (Lipinski definition) is 4. The van der Waals surface area contributed by atoms with Gasteiger partial charge in [0.15, 0.2) is 0 Å². The number of benzene rings is 3. The molecule has 0 fully saturated rings. The Morgan fingerprint density at radius 2 is 1.77 bits per heavy atom. The number of nitrogens with one attached hydrogen (secondary N) is 1. The molecule has 0 unspecified atom stereocenters. The van der Waals surface area contributed by atoms with Crippen LogP contribution in [0.3, 0.4) is 0 Å². The van der Waals surface area contributed by atoms with Gasteiger partial charge in [-0.3, -0.25) is 19.7 Å². The first-order valence-corrected chi connectivity index (χ1v) is 11.3. The summed E-state index contributed by atoms with van der Waals surface area (Å²) < 4.78 is 13.2. The Morgan fingerprint density at radius 3 is 2.34 bits per heavy atom. The number of halogens is 1. The fourth-order valence-corrected chi connectivity index (χ4v) is 3.93. The van der Waals surface area contributed by atoms with Gasteiger partial charge in [-0.05, 0) is 72.4 Å². The highest BCUT2D eigenvalue weighted by molar-refractivity contribution is 6.12. The maximum atomic E-state index is 13.3. The van der Waals surface area contributed by atoms with E-state index >= 15 is 0 Å². The molecule has 3 rings (SSSR count). The predicted octanol–water partition coefficient (Wildman–Crippen LogP) is 6.26. The Morgan fingerprint density at radius 1 is 1.11 bits per heavy atom. The van der Waals surface area contributed by atoms with Crippen LogP contribution in [0.4, 0.5) is 21.5 Å². The molecule has 0 heterocycles. The Kier molecular flexibility index (Phi) is 7.64. The van der Waals surface area contributed by atoms with Crippen LogP contribution in [0.5, 0.6) is 0 Å². The molecule has 2 amide bonds. The number of nitrogens with zero attached hydrogens (tertiary/aromatic N) is 2. The van der Waals surface area contributed by atoms with Crippen molar-refractivity contribution in [3.63, 3.8) is 0 Å². The molecule has 0 atom stereocenters. The average Bonchev–Trinajstić information content (AvgIpc) is 2.83. The van der Waals surface area contributed by atoms with Crippen LogP contribution in [-0.2, 0) is 6.42 Å². The van der Waals surface area contributed by atoms with Gasteiger partial charge in [-0.1, -0.05) is 39.0 Å². The highest BCUT2D eigenvalue weighted by Gasteiger charge is 2.29. The molecular formula is C27H28FN3O4. The largest absolute Gasteiger partial charge is 0.321 e. The molecule has 182 valence electrons. The van der Waals surface area contributed by atoms with Crippen molar-refractivity contribution in [2.45, 2.75) is 40.0 Å². The molecule has 0 aliphatic carbocycles. The van der Waals surface area contributed by atoms with Crippen LogP contribution >= 0.6 is 0 Å². The Balaban J connectivity index is 2.01. The number of nitro groups is 1. The topological polar surface area (TPSA) is 92.6 Å². The van der Waals surface area contributed by atoms with Crippen LogP contribution in [-0.4, -0.2) is 23.8 Å². The second-order valence-corrected chi connectivity index (χ2v) is 8.64. The van der Waals surface area contributed by atoms with E-state index in [0.29, 0.717) is 18.0 Å². The molecule has 1 N–H and O–H groups in total. The van der Waals surface area contributed by atoms with Crippen molar-refractivity contribution < 1.29 is 18.9 Å². The van der Waals surface area contributed by atoms with E-state index in [-0.39, 0.29) is 16.8 Å². The summed E-state index contributed by atoms with van der Waals surface area (Å²) >= 11 is 0. The number of hydrogen-bond donors (Lipinski definition) is 1. The van der Waals surface area contributed by atoms with E-state index < -0.39 is 28.2 Å². The molecule has 3 aromatic rings. The van der Waals surface area contributed by atoms with Crippen molar-refractivity contribution in [2.24, 2.45) is 0 Å². The average molecular weight is 478 g/mol. The second kappa shape index (κ2) is 10.5. The smallest absolute Gasteiger partial charge is 0.305 e. The lowest BCUT2D eigenvalue weighted by atomic mass is 9.95. The van der Waals surface area contributed by atoms with E-state index in [9.17, 15) is 24.1 Å². The van der Waals surface area contributed by atoms with E-state index in [1.165, 1.54) is 37.4 Å². The summed E-state index contributed by atoms with van der Waals surface area (Å²) in [5, 5.41) is 14.9. The maximum absolute atomic E-state index is 13.3. The minimum atomic E-state index is -0.672. The van der Waals surface area contributed by atoms with Crippen LogP contribution in [0.25, 0.3) is 0 Å². The van der Waals surface area contributed by atoms with Crippen LogP contribution < -0.4 is 10.2 Å². The second-order valence-electron chi connectivity index (χ2n) is 8.64. The monoisotopic (exact) mass is 477 g/mol. The van der Waals surface area contributed by atoms with Crippen LogP contribution in [0.15, 0.2) is 54.6 Å². The fourth-order valence-electron chi connectivity index (χ4n) is 3.93. The van der Waals surface area contributed by atoms with Crippen molar-refractivity contribution in [1.82, 2.24) is 0 Å². The summed E-state index contributed by atoms with van der Waals surface area (Å²) in [4.78, 5) is 38.6. The quantitative estimate of drug-likeness (QED) is 0.321. The number of nitro benzene ring substituents is 1. The van der Waals surface area contributed by atoms with Gasteiger partial charge in [-0.2, -0.15) is 0 Å². The highest BCUT2D eigenvalue weighted by atomic mass is 19.1. The first-order valence-electron chi connectivity index (χ1n) is 11.3. The van der Waals surface area contributed by atoms with Crippen molar-refractivity contribution >= 4 is 28.9 Å². The SMILES string of the molecule is CCc1cc(C(C)C)cc(C)c1NC(=O)c1cccc(N(C)C(=O)c2ccc(F)cc2)c1[N+](=O)[O-]. The van der Waals surface area contributed by atoms with Crippen LogP contribution in [0, 0.1) is 22.9 Å². The lowest BCUT2D eigenvalue weighted by Gasteiger charge is -2.20. The Labute approximate surface area is 203 Å². The lowest BCUT2D eigenvalue weighted by molar-refractivity contribution is -0.384. The molecular weight excluding hydrogens is 449 g/mol. The minimum absolute atomic E-state index is 0.0421. The van der Waals surface area contributed by atoms with Gasteiger partial charge in [-0.15, -0.1) is 0 Å². The number of aryl methyl sites for hydroxylation is 2. The van der Waals surface area contributed by atoms with Crippen molar-refractivity contribution in [3.05, 3.63) is 98.3 Å². The Bertz CT molecular complexity index is 1290. The van der Waals surface area contributed by atoms with Gasteiger partial charge in [0, 0.05) is 18.3 Å². The molecule has 3 aromatic carbocycles. The van der Waals surface area contributed by atoms with Crippen LogP contribution in [0.2, 0.25) is 0 Å². The fraction of sp³-hybridized carbons (Fsp3) is 0.259. The summed E-state index contributed by atoms with van der Waals surface area (Å²) in [7, 11) is 1.37. The number of carbonyl (C=O) groups is 2. The molecule has 0 aliphatic rings. The first kappa shape index (κ1) is 25.6. The molecule has 0 radical (unpaired) electrons. The van der Waals surface area contributed by atoms with Gasteiger partial charge in [0.25, 0.3) is 11.8 Å². The molecule has 0 aliphatic heterocycles. The van der Waals surface area contributed by atoms with Gasteiger partial charge < -0.3 is 10.2 Å². The third kappa shape index (κ3) is 5.37. The van der Waals surface area contributed by atoms with Gasteiger partial charge in [0.2, 0.25) is 0 Å². The van der Waals surface area contributed by atoms with E-state index in [2.05, 4.69) is 19.2 Å². The first-order chi connectivity index (χ1) is 16.5. The molecule has 8 heteroatoms. The normalized spacial score (nSPS) is 10.8. The maximum Gasteiger partial charge on any atom is 0.305 e. The number of anilines is 2. The summed E-state index contributed by atoms with van der Waals surface area (Å²) in [5.41, 5.74) is 3.03. The van der Waals surface area contributed by atoms with Gasteiger partial charge >= 0.3 is 5.69 Å². The molecule has 0 aromatic heterocycles. The van der Waals surface area contributed by atoms with Crippen molar-refractivity contribution in [2.75, 3.05) is 17.3 Å². The van der Waals surface area contributed by atoms with E-state index in [0.717, 1.165) is 33.7 Å². The molecule has 0 bridgehead atoms. The number of rotatable bonds is 7. The summed E-state index contributed by atoms with van der Waals surface area (Å²) in [6.45, 7) is 8.05. The zero-order valence-corrected chi connectivity index (χ0v) is 20.4. The van der Waals surface area contributed by atoms with Gasteiger partial charge in [0.05, 0.1) is 4.92 Å². The summed E-state index contributed by atoms with van der Waals surface area (Å²) in [6, 6.07) is 13.1. The van der Waals surface area contributed by atoms with Crippen LogP contribution in [0.1, 0.15) is 64.1 Å². The third-order valence-electron chi connectivity index (χ3n) is 5.92. The number of amides is 2. The predicted molar refractivity (Wildman–Crippen MR) is 135 cm³/mol. The molecule has 0 spiro atoms. The highest BCUT2D eigenvalue weighted by Crippen LogP contribution is 2.34. The summed E-state index contributed by atoms with van der Waals surface area (Å²) in [5.74, 6) is -1.40. The summed E-state index contributed by atoms with van der Waals surface area (Å²) in [6.07, 6.45) is 0.675. The minimum Gasteiger partial charge on any atom is -0.321 e. The van der Waals surface area contributed by atoms with Crippen molar-refractivity contribution in [3.8, 4) is 0 Å². The number of para-hydroxylation sites is 1. The van der Waals surface area contributed by atoms with E-state index in [4.69, 9.17) is 0 Å². The van der Waals surface area contributed by atoms with E-state index in [1.54, 1.807) is 0 Å².